The standard InChI is InChI=1S/C25H33N3O2/c1-27-13-15-28(16-14-27)17-18-30-24-12-5-4-11-23(24)26-25(29)22-10-6-9-20-7-2-3-8-21(20)19-22/h2-5,7-8,11-12,22H,6,9-10,13-19H2,1H3,(H,26,29). The van der Waals surface area contributed by atoms with Crippen LogP contribution in [0.5, 0.6) is 5.75 Å². The molecule has 1 aliphatic carbocycles. The average Bonchev–Trinajstić information content (AvgIpc) is 2.99. The van der Waals surface area contributed by atoms with E-state index in [0.717, 1.165) is 69.8 Å². The molecule has 1 atom stereocenters. The Morgan fingerprint density at radius 1 is 1.03 bits per heavy atom. The predicted octanol–water partition coefficient (Wildman–Crippen LogP) is 3.45. The van der Waals surface area contributed by atoms with Gasteiger partial charge >= 0.3 is 0 Å². The number of nitrogens with zero attached hydrogens (tertiary/aromatic N) is 2. The quantitative estimate of drug-likeness (QED) is 0.745. The number of carbonyl (C=O) groups is 1. The van der Waals surface area contributed by atoms with Gasteiger partial charge in [-0.2, -0.15) is 0 Å². The maximum atomic E-state index is 13.1. The van der Waals surface area contributed by atoms with Crippen LogP contribution in [-0.4, -0.2) is 62.1 Å². The minimum atomic E-state index is 0.00652. The molecule has 30 heavy (non-hydrogen) atoms. The summed E-state index contributed by atoms with van der Waals surface area (Å²) in [6.45, 7) is 5.93. The number of piperazine rings is 1. The number of rotatable bonds is 6. The molecule has 2 aromatic rings. The van der Waals surface area contributed by atoms with Crippen LogP contribution in [0.1, 0.15) is 24.0 Å². The Morgan fingerprint density at radius 3 is 2.60 bits per heavy atom. The van der Waals surface area contributed by atoms with E-state index in [4.69, 9.17) is 4.74 Å². The SMILES string of the molecule is CN1CCN(CCOc2ccccc2NC(=O)C2CCCc3ccccc3C2)CC1. The van der Waals surface area contributed by atoms with Gasteiger partial charge in [-0.1, -0.05) is 36.4 Å². The Hall–Kier alpha value is -2.37. The van der Waals surface area contributed by atoms with Crippen molar-refractivity contribution in [3.8, 4) is 5.75 Å². The largest absolute Gasteiger partial charge is 0.490 e. The summed E-state index contributed by atoms with van der Waals surface area (Å²) in [5.41, 5.74) is 3.48. The minimum Gasteiger partial charge on any atom is -0.490 e. The third-order valence-corrected chi connectivity index (χ3v) is 6.36. The van der Waals surface area contributed by atoms with E-state index in [1.165, 1.54) is 11.1 Å². The summed E-state index contributed by atoms with van der Waals surface area (Å²) in [6, 6.07) is 16.3. The van der Waals surface area contributed by atoms with E-state index in [2.05, 4.69) is 46.4 Å². The first-order valence-electron chi connectivity index (χ1n) is 11.2. The molecule has 1 fully saturated rings. The van der Waals surface area contributed by atoms with Crippen LogP contribution < -0.4 is 10.1 Å². The topological polar surface area (TPSA) is 44.8 Å². The Morgan fingerprint density at radius 2 is 1.77 bits per heavy atom. The van der Waals surface area contributed by atoms with E-state index in [1.54, 1.807) is 0 Å². The van der Waals surface area contributed by atoms with Gasteiger partial charge in [-0.3, -0.25) is 9.69 Å². The van der Waals surface area contributed by atoms with Crippen molar-refractivity contribution in [1.82, 2.24) is 9.80 Å². The molecule has 1 unspecified atom stereocenters. The Kier molecular flexibility index (Phi) is 7.03. The first-order valence-corrected chi connectivity index (χ1v) is 11.2. The molecule has 0 spiro atoms. The van der Waals surface area contributed by atoms with Crippen LogP contribution in [0.4, 0.5) is 5.69 Å². The molecular weight excluding hydrogens is 374 g/mol. The lowest BCUT2D eigenvalue weighted by atomic mass is 9.96. The maximum absolute atomic E-state index is 13.1. The van der Waals surface area contributed by atoms with Crippen LogP contribution in [0.2, 0.25) is 0 Å². The monoisotopic (exact) mass is 407 g/mol. The lowest BCUT2D eigenvalue weighted by Gasteiger charge is -2.32. The number of ether oxygens (including phenoxy) is 1. The van der Waals surface area contributed by atoms with Crippen molar-refractivity contribution >= 4 is 11.6 Å². The molecule has 0 aromatic heterocycles. The summed E-state index contributed by atoms with van der Waals surface area (Å²) in [6.07, 6.45) is 3.85. The van der Waals surface area contributed by atoms with Crippen molar-refractivity contribution in [2.45, 2.75) is 25.7 Å². The van der Waals surface area contributed by atoms with Gasteiger partial charge in [-0.05, 0) is 56.0 Å². The van der Waals surface area contributed by atoms with Crippen LogP contribution in [0.25, 0.3) is 0 Å². The first kappa shape index (κ1) is 20.9. The number of fused-ring (bicyclic) bond motifs is 1. The fraction of sp³-hybridized carbons (Fsp3) is 0.480. The number of nitrogens with one attached hydrogen (secondary N) is 1. The molecule has 1 heterocycles. The molecule has 5 heteroatoms. The molecular formula is C25H33N3O2. The maximum Gasteiger partial charge on any atom is 0.227 e. The number of aryl methyl sites for hydroxylation is 1. The molecule has 1 amide bonds. The van der Waals surface area contributed by atoms with Crippen molar-refractivity contribution < 1.29 is 9.53 Å². The molecule has 1 N–H and O–H groups in total. The van der Waals surface area contributed by atoms with Gasteiger partial charge in [0.15, 0.2) is 0 Å². The van der Waals surface area contributed by atoms with Crippen LogP contribution in [0.3, 0.4) is 0 Å². The lowest BCUT2D eigenvalue weighted by molar-refractivity contribution is -0.120. The van der Waals surface area contributed by atoms with Crippen LogP contribution in [-0.2, 0) is 17.6 Å². The highest BCUT2D eigenvalue weighted by Crippen LogP contribution is 2.28. The van der Waals surface area contributed by atoms with Crippen molar-refractivity contribution in [2.75, 3.05) is 51.7 Å². The van der Waals surface area contributed by atoms with Gasteiger partial charge in [-0.15, -0.1) is 0 Å². The van der Waals surface area contributed by atoms with E-state index in [9.17, 15) is 4.79 Å². The van der Waals surface area contributed by atoms with Crippen LogP contribution in [0, 0.1) is 5.92 Å². The smallest absolute Gasteiger partial charge is 0.227 e. The van der Waals surface area contributed by atoms with Crippen molar-refractivity contribution in [3.05, 3.63) is 59.7 Å². The fourth-order valence-electron chi connectivity index (χ4n) is 4.42. The van der Waals surface area contributed by atoms with Gasteiger partial charge in [0.05, 0.1) is 5.69 Å². The first-order chi connectivity index (χ1) is 14.7. The molecule has 2 aliphatic rings. The molecule has 1 aliphatic heterocycles. The van der Waals surface area contributed by atoms with Gasteiger partial charge in [0, 0.05) is 38.6 Å². The lowest BCUT2D eigenvalue weighted by Crippen LogP contribution is -2.45. The summed E-state index contributed by atoms with van der Waals surface area (Å²) < 4.78 is 6.07. The van der Waals surface area contributed by atoms with Crippen molar-refractivity contribution in [1.29, 1.82) is 0 Å². The second kappa shape index (κ2) is 10.1. The molecule has 4 rings (SSSR count). The van der Waals surface area contributed by atoms with Crippen LogP contribution in [0.15, 0.2) is 48.5 Å². The van der Waals surface area contributed by atoms with E-state index in [0.29, 0.717) is 6.61 Å². The molecule has 5 nitrogen and oxygen atoms in total. The Labute approximate surface area is 180 Å². The van der Waals surface area contributed by atoms with Gasteiger partial charge in [-0.25, -0.2) is 0 Å². The van der Waals surface area contributed by atoms with Gasteiger partial charge < -0.3 is 15.0 Å². The number of hydrogen-bond donors (Lipinski definition) is 1. The predicted molar refractivity (Wildman–Crippen MR) is 121 cm³/mol. The third kappa shape index (κ3) is 5.41. The molecule has 1 saturated heterocycles. The van der Waals surface area contributed by atoms with Gasteiger partial charge in [0.1, 0.15) is 12.4 Å². The van der Waals surface area contributed by atoms with Crippen molar-refractivity contribution in [2.24, 2.45) is 5.92 Å². The average molecular weight is 408 g/mol. The highest BCUT2D eigenvalue weighted by Gasteiger charge is 2.23. The van der Waals surface area contributed by atoms with E-state index < -0.39 is 0 Å². The number of amides is 1. The zero-order chi connectivity index (χ0) is 20.8. The van der Waals surface area contributed by atoms with E-state index in [1.807, 2.05) is 24.3 Å². The summed E-state index contributed by atoms with van der Waals surface area (Å²) in [5, 5.41) is 3.15. The van der Waals surface area contributed by atoms with Gasteiger partial charge in [0.2, 0.25) is 5.91 Å². The number of para-hydroxylation sites is 2. The van der Waals surface area contributed by atoms with Crippen LogP contribution >= 0.6 is 0 Å². The normalized spacial score (nSPS) is 20.2. The number of carbonyl (C=O) groups excluding carboxylic acids is 1. The van der Waals surface area contributed by atoms with Crippen molar-refractivity contribution in [3.63, 3.8) is 0 Å². The minimum absolute atomic E-state index is 0.00652. The number of benzene rings is 2. The number of likely N-dealkylation sites (N-methyl/N-ethyl adjacent to an activating group) is 1. The second-order valence-corrected chi connectivity index (χ2v) is 8.54. The molecule has 0 bridgehead atoms. The molecule has 0 radical (unpaired) electrons. The van der Waals surface area contributed by atoms with E-state index in [-0.39, 0.29) is 11.8 Å². The highest BCUT2D eigenvalue weighted by atomic mass is 16.5. The zero-order valence-corrected chi connectivity index (χ0v) is 18.0. The highest BCUT2D eigenvalue weighted by molar-refractivity contribution is 5.94. The fourth-order valence-corrected chi connectivity index (χ4v) is 4.42. The summed E-state index contributed by atoms with van der Waals surface area (Å²) in [7, 11) is 2.17. The Balaban J connectivity index is 1.34. The second-order valence-electron chi connectivity index (χ2n) is 8.54. The van der Waals surface area contributed by atoms with Gasteiger partial charge in [0.25, 0.3) is 0 Å². The molecule has 2 aromatic carbocycles. The number of hydrogen-bond acceptors (Lipinski definition) is 4. The molecule has 0 saturated carbocycles. The summed E-state index contributed by atoms with van der Waals surface area (Å²) >= 11 is 0. The third-order valence-electron chi connectivity index (χ3n) is 6.36. The zero-order valence-electron chi connectivity index (χ0n) is 18.0. The Bertz CT molecular complexity index is 846. The number of anilines is 1. The molecule has 160 valence electrons. The summed E-state index contributed by atoms with van der Waals surface area (Å²) in [5.74, 6) is 0.864. The van der Waals surface area contributed by atoms with E-state index >= 15 is 0 Å². The summed E-state index contributed by atoms with van der Waals surface area (Å²) in [4.78, 5) is 17.8.